The third kappa shape index (κ3) is 6.50. The fraction of sp³-hybridized carbons (Fsp3) is 0. The normalized spacial score (nSPS) is 11.5. The van der Waals surface area contributed by atoms with Crippen molar-refractivity contribution in [1.29, 1.82) is 0 Å². The largest absolute Gasteiger partial charge is 0.456 e. The van der Waals surface area contributed by atoms with Gasteiger partial charge in [0.25, 0.3) is 0 Å². The van der Waals surface area contributed by atoms with Crippen molar-refractivity contribution in [3.8, 4) is 55.6 Å². The lowest BCUT2D eigenvalue weighted by molar-refractivity contribution is 0.669. The fourth-order valence-corrected chi connectivity index (χ4v) is 10.5. The van der Waals surface area contributed by atoms with E-state index in [-0.39, 0.29) is 0 Å². The highest BCUT2D eigenvalue weighted by atomic mass is 32.1. The lowest BCUT2D eigenvalue weighted by atomic mass is 9.89. The molecule has 0 saturated heterocycles. The summed E-state index contributed by atoms with van der Waals surface area (Å²) in [6.45, 7) is 0. The predicted octanol–water partition coefficient (Wildman–Crippen LogP) is 17.8. The molecule has 10 aromatic carbocycles. The molecule has 0 atom stereocenters. The molecular weight excluding hydrogens is 783 g/mol. The van der Waals surface area contributed by atoms with Crippen LogP contribution < -0.4 is 4.90 Å². The smallest absolute Gasteiger partial charge is 0.136 e. The molecule has 0 N–H and O–H groups in total. The number of thiophene rings is 1. The molecule has 0 bridgehead atoms. The first-order chi connectivity index (χ1) is 31.2. The van der Waals surface area contributed by atoms with Crippen molar-refractivity contribution in [1.82, 2.24) is 0 Å². The van der Waals surface area contributed by atoms with E-state index < -0.39 is 0 Å². The third-order valence-electron chi connectivity index (χ3n) is 12.3. The zero-order valence-electron chi connectivity index (χ0n) is 34.3. The van der Waals surface area contributed by atoms with Gasteiger partial charge in [0.15, 0.2) is 0 Å². The molecule has 12 aromatic rings. The number of rotatable bonds is 8. The van der Waals surface area contributed by atoms with Gasteiger partial charge in [0.05, 0.1) is 11.4 Å². The van der Waals surface area contributed by atoms with Crippen LogP contribution in [0.2, 0.25) is 0 Å². The molecule has 0 amide bonds. The maximum absolute atomic E-state index is 6.49. The summed E-state index contributed by atoms with van der Waals surface area (Å²) in [5.74, 6) is 0. The summed E-state index contributed by atoms with van der Waals surface area (Å²) >= 11 is 1.86. The Labute approximate surface area is 370 Å². The predicted molar refractivity (Wildman–Crippen MR) is 268 cm³/mol. The van der Waals surface area contributed by atoms with Gasteiger partial charge in [-0.3, -0.25) is 0 Å². The molecule has 0 radical (unpaired) electrons. The molecular formula is C60H39NOS. The van der Waals surface area contributed by atoms with Crippen LogP contribution in [0.1, 0.15) is 0 Å². The van der Waals surface area contributed by atoms with E-state index in [1.54, 1.807) is 0 Å². The molecule has 2 aromatic heterocycles. The van der Waals surface area contributed by atoms with Crippen molar-refractivity contribution in [3.63, 3.8) is 0 Å². The molecule has 3 heteroatoms. The molecule has 0 saturated carbocycles. The maximum Gasteiger partial charge on any atom is 0.136 e. The lowest BCUT2D eigenvalue weighted by Crippen LogP contribution is -2.13. The van der Waals surface area contributed by atoms with Gasteiger partial charge in [-0.2, -0.15) is 0 Å². The fourth-order valence-electron chi connectivity index (χ4n) is 9.36. The lowest BCUT2D eigenvalue weighted by Gasteiger charge is -2.31. The van der Waals surface area contributed by atoms with Crippen LogP contribution in [0, 0.1) is 0 Å². The van der Waals surface area contributed by atoms with Gasteiger partial charge in [-0.1, -0.05) is 188 Å². The Morgan fingerprint density at radius 1 is 0.317 bits per heavy atom. The van der Waals surface area contributed by atoms with Gasteiger partial charge in [0.2, 0.25) is 0 Å². The number of hydrogen-bond acceptors (Lipinski definition) is 3. The van der Waals surface area contributed by atoms with Crippen molar-refractivity contribution in [2.45, 2.75) is 0 Å². The van der Waals surface area contributed by atoms with Gasteiger partial charge in [0.1, 0.15) is 11.2 Å². The van der Waals surface area contributed by atoms with E-state index in [1.807, 2.05) is 17.4 Å². The molecule has 0 fully saturated rings. The molecule has 0 aliphatic heterocycles. The number of nitrogens with zero attached hydrogens (tertiary/aromatic N) is 1. The second kappa shape index (κ2) is 15.5. The van der Waals surface area contributed by atoms with Crippen LogP contribution in [0.4, 0.5) is 17.1 Å². The number of benzene rings is 10. The molecule has 12 rings (SSSR count). The van der Waals surface area contributed by atoms with Gasteiger partial charge in [-0.05, 0) is 93.0 Å². The van der Waals surface area contributed by atoms with Crippen LogP contribution in [0.3, 0.4) is 0 Å². The number of fused-ring (bicyclic) bond motifs is 6. The highest BCUT2D eigenvalue weighted by Gasteiger charge is 2.25. The van der Waals surface area contributed by atoms with E-state index in [0.717, 1.165) is 66.8 Å². The Morgan fingerprint density at radius 2 is 0.841 bits per heavy atom. The molecule has 63 heavy (non-hydrogen) atoms. The van der Waals surface area contributed by atoms with Gasteiger partial charge >= 0.3 is 0 Å². The first-order valence-electron chi connectivity index (χ1n) is 21.4. The summed E-state index contributed by atoms with van der Waals surface area (Å²) in [5, 5.41) is 4.81. The number of furan rings is 1. The number of para-hydroxylation sites is 2. The second-order valence-corrected chi connectivity index (χ2v) is 17.1. The van der Waals surface area contributed by atoms with Crippen LogP contribution in [0.15, 0.2) is 241 Å². The molecule has 0 unspecified atom stereocenters. The molecule has 2 nitrogen and oxygen atoms in total. The average molecular weight is 822 g/mol. The standard InChI is InChI=1S/C60H39NOS/c1-3-15-40(16-4-1)42-29-31-44(32-30-42)59-50(51-23-14-27-56-60(51)52-21-8-11-26-55(52)62-56)22-13-25-54(59)61(46-36-33-43(34-37-46)41-17-5-2-6-18-41)53-24-10-7-19-47(53)45-35-38-49-48-20-9-12-28-57(48)63-58(49)39-45/h1-39H. The van der Waals surface area contributed by atoms with E-state index in [4.69, 9.17) is 4.42 Å². The molecule has 2 heterocycles. The van der Waals surface area contributed by atoms with Crippen molar-refractivity contribution in [3.05, 3.63) is 237 Å². The molecule has 296 valence electrons. The maximum atomic E-state index is 6.49. The Kier molecular flexibility index (Phi) is 9.06. The van der Waals surface area contributed by atoms with Crippen LogP contribution in [0.25, 0.3) is 97.7 Å². The minimum absolute atomic E-state index is 0.875. The topological polar surface area (TPSA) is 16.4 Å². The van der Waals surface area contributed by atoms with Crippen LogP contribution >= 0.6 is 11.3 Å². The van der Waals surface area contributed by atoms with E-state index in [2.05, 4.69) is 235 Å². The molecule has 0 aliphatic carbocycles. The Morgan fingerprint density at radius 3 is 1.62 bits per heavy atom. The first-order valence-corrected chi connectivity index (χ1v) is 22.2. The third-order valence-corrected chi connectivity index (χ3v) is 13.5. The Bertz CT molecular complexity index is 3600. The number of anilines is 3. The minimum Gasteiger partial charge on any atom is -0.456 e. The van der Waals surface area contributed by atoms with Gasteiger partial charge in [-0.25, -0.2) is 0 Å². The molecule has 0 spiro atoms. The van der Waals surface area contributed by atoms with Gasteiger partial charge < -0.3 is 9.32 Å². The van der Waals surface area contributed by atoms with Crippen molar-refractivity contribution >= 4 is 70.5 Å². The number of hydrogen-bond donors (Lipinski definition) is 0. The van der Waals surface area contributed by atoms with Gasteiger partial charge in [0, 0.05) is 47.8 Å². The van der Waals surface area contributed by atoms with Crippen molar-refractivity contribution < 1.29 is 4.42 Å². The molecule has 0 aliphatic rings. The zero-order valence-corrected chi connectivity index (χ0v) is 35.1. The second-order valence-electron chi connectivity index (χ2n) is 16.0. The highest BCUT2D eigenvalue weighted by Crippen LogP contribution is 2.50. The summed E-state index contributed by atoms with van der Waals surface area (Å²) in [4.78, 5) is 2.47. The quantitative estimate of drug-likeness (QED) is 0.152. The van der Waals surface area contributed by atoms with Crippen molar-refractivity contribution in [2.24, 2.45) is 0 Å². The van der Waals surface area contributed by atoms with E-state index in [9.17, 15) is 0 Å². The van der Waals surface area contributed by atoms with E-state index in [1.165, 1.54) is 48.0 Å². The Hall–Kier alpha value is -7.98. The summed E-state index contributed by atoms with van der Waals surface area (Å²) in [7, 11) is 0. The summed E-state index contributed by atoms with van der Waals surface area (Å²) in [6.07, 6.45) is 0. The average Bonchev–Trinajstić information content (AvgIpc) is 3.93. The van der Waals surface area contributed by atoms with E-state index >= 15 is 0 Å². The summed E-state index contributed by atoms with van der Waals surface area (Å²) in [5.41, 5.74) is 16.6. The van der Waals surface area contributed by atoms with Crippen LogP contribution in [-0.2, 0) is 0 Å². The monoisotopic (exact) mass is 821 g/mol. The van der Waals surface area contributed by atoms with Crippen molar-refractivity contribution in [2.75, 3.05) is 4.90 Å². The minimum atomic E-state index is 0.875. The SMILES string of the molecule is c1ccc(-c2ccc(-c3c(-c4cccc5oc6ccccc6c45)cccc3N(c3ccc(-c4ccccc4)cc3)c3ccccc3-c3ccc4c(c3)sc3ccccc34)cc2)cc1. The van der Waals surface area contributed by atoms with Gasteiger partial charge in [-0.15, -0.1) is 11.3 Å². The first kappa shape index (κ1) is 36.8. The zero-order chi connectivity index (χ0) is 41.7. The summed E-state index contributed by atoms with van der Waals surface area (Å²) < 4.78 is 9.08. The Balaban J connectivity index is 1.12. The van der Waals surface area contributed by atoms with E-state index in [0.29, 0.717) is 0 Å². The summed E-state index contributed by atoms with van der Waals surface area (Å²) in [6, 6.07) is 85.5. The highest BCUT2D eigenvalue weighted by molar-refractivity contribution is 7.25. The van der Waals surface area contributed by atoms with Crippen LogP contribution in [-0.4, -0.2) is 0 Å². The van der Waals surface area contributed by atoms with Crippen LogP contribution in [0.5, 0.6) is 0 Å².